The predicted molar refractivity (Wildman–Crippen MR) is 118 cm³/mol. The van der Waals surface area contributed by atoms with Crippen molar-refractivity contribution in [1.29, 1.82) is 0 Å². The van der Waals surface area contributed by atoms with Crippen LogP contribution in [0, 0.1) is 6.92 Å². The third-order valence-corrected chi connectivity index (χ3v) is 5.71. The minimum absolute atomic E-state index is 0.142. The Morgan fingerprint density at radius 1 is 1.30 bits per heavy atom. The zero-order chi connectivity index (χ0) is 21.3. The van der Waals surface area contributed by atoms with Gasteiger partial charge in [-0.05, 0) is 55.2 Å². The van der Waals surface area contributed by atoms with Crippen LogP contribution in [-0.4, -0.2) is 39.8 Å². The van der Waals surface area contributed by atoms with Crippen LogP contribution in [0.3, 0.4) is 0 Å². The average molecular weight is 468 g/mol. The summed E-state index contributed by atoms with van der Waals surface area (Å²) in [7, 11) is 1.74. The molecule has 1 aromatic carbocycles. The molecule has 1 atom stereocenters. The van der Waals surface area contributed by atoms with Crippen LogP contribution in [0.4, 0.5) is 10.5 Å². The van der Waals surface area contributed by atoms with Gasteiger partial charge >= 0.3 is 6.03 Å². The number of halogens is 1. The first-order valence-corrected chi connectivity index (χ1v) is 10.5. The van der Waals surface area contributed by atoms with Crippen molar-refractivity contribution in [2.24, 2.45) is 0 Å². The largest absolute Gasteiger partial charge is 0.342 e. The zero-order valence-corrected chi connectivity index (χ0v) is 18.4. The van der Waals surface area contributed by atoms with Gasteiger partial charge in [0.2, 0.25) is 5.91 Å². The van der Waals surface area contributed by atoms with Crippen molar-refractivity contribution < 1.29 is 9.59 Å². The second kappa shape index (κ2) is 8.39. The molecule has 1 N–H and O–H groups in total. The van der Waals surface area contributed by atoms with Gasteiger partial charge in [0, 0.05) is 41.2 Å². The Balaban J connectivity index is 1.45. The molecule has 8 heteroatoms. The van der Waals surface area contributed by atoms with Crippen LogP contribution >= 0.6 is 15.9 Å². The van der Waals surface area contributed by atoms with Crippen LogP contribution in [0.5, 0.6) is 0 Å². The number of rotatable bonds is 3. The van der Waals surface area contributed by atoms with Gasteiger partial charge in [-0.2, -0.15) is 9.78 Å². The maximum absolute atomic E-state index is 12.9. The number of carbonyl (C=O) groups is 2. The molecule has 4 rings (SSSR count). The summed E-state index contributed by atoms with van der Waals surface area (Å²) in [5.41, 5.74) is 4.68. The van der Waals surface area contributed by atoms with Crippen molar-refractivity contribution in [2.45, 2.75) is 32.2 Å². The number of hydrogen-bond donors (Lipinski definition) is 1. The summed E-state index contributed by atoms with van der Waals surface area (Å²) in [5, 5.41) is 7.00. The maximum Gasteiger partial charge on any atom is 0.342 e. The molecule has 0 spiro atoms. The van der Waals surface area contributed by atoms with E-state index in [1.807, 2.05) is 43.3 Å². The van der Waals surface area contributed by atoms with E-state index in [4.69, 9.17) is 0 Å². The lowest BCUT2D eigenvalue weighted by molar-refractivity contribution is -0.120. The number of likely N-dealkylation sites (N-methyl/N-ethyl adjacent to an activating group) is 1. The van der Waals surface area contributed by atoms with Crippen molar-refractivity contribution in [3.63, 3.8) is 0 Å². The van der Waals surface area contributed by atoms with Crippen LogP contribution < -0.4 is 10.2 Å². The van der Waals surface area contributed by atoms with Gasteiger partial charge in [0.25, 0.3) is 0 Å². The number of amides is 2. The molecule has 3 aromatic rings. The smallest absolute Gasteiger partial charge is 0.324 e. The molecule has 2 aromatic heterocycles. The average Bonchev–Trinajstić information content (AvgIpc) is 3.15. The monoisotopic (exact) mass is 467 g/mol. The molecule has 0 saturated heterocycles. The fourth-order valence-electron chi connectivity index (χ4n) is 3.66. The highest BCUT2D eigenvalue weighted by molar-refractivity contribution is 9.10. The second-order valence-corrected chi connectivity index (χ2v) is 8.37. The van der Waals surface area contributed by atoms with Gasteiger partial charge in [-0.1, -0.05) is 28.1 Å². The highest BCUT2D eigenvalue weighted by atomic mass is 79.9. The van der Waals surface area contributed by atoms with Gasteiger partial charge in [0.15, 0.2) is 0 Å². The van der Waals surface area contributed by atoms with E-state index >= 15 is 0 Å². The molecule has 0 radical (unpaired) electrons. The van der Waals surface area contributed by atoms with Gasteiger partial charge < -0.3 is 10.2 Å². The summed E-state index contributed by atoms with van der Waals surface area (Å²) in [6.45, 7) is 1.94. The summed E-state index contributed by atoms with van der Waals surface area (Å²) in [6.07, 6.45) is 5.15. The minimum Gasteiger partial charge on any atom is -0.324 e. The molecule has 1 aliphatic heterocycles. The van der Waals surface area contributed by atoms with E-state index in [2.05, 4.69) is 31.3 Å². The Morgan fingerprint density at radius 2 is 2.13 bits per heavy atom. The second-order valence-electron chi connectivity index (χ2n) is 7.45. The Bertz CT molecular complexity index is 1110. The molecule has 2 amide bonds. The Kier molecular flexibility index (Phi) is 5.67. The van der Waals surface area contributed by atoms with Gasteiger partial charge in [-0.15, -0.1) is 0 Å². The summed E-state index contributed by atoms with van der Waals surface area (Å²) >= 11 is 3.46. The normalized spacial score (nSPS) is 16.2. The quantitative estimate of drug-likeness (QED) is 0.639. The molecule has 0 bridgehead atoms. The van der Waals surface area contributed by atoms with Gasteiger partial charge in [-0.3, -0.25) is 9.78 Å². The summed E-state index contributed by atoms with van der Waals surface area (Å²) < 4.78 is 2.16. The molecule has 3 heterocycles. The van der Waals surface area contributed by atoms with Gasteiger partial charge in [0.05, 0.1) is 6.20 Å². The number of pyridine rings is 1. The zero-order valence-electron chi connectivity index (χ0n) is 16.8. The number of nitrogens with one attached hydrogen (secondary N) is 1. The van der Waals surface area contributed by atoms with Crippen molar-refractivity contribution in [3.05, 3.63) is 75.8 Å². The molecule has 154 valence electrons. The van der Waals surface area contributed by atoms with Crippen molar-refractivity contribution in [1.82, 2.24) is 20.1 Å². The minimum atomic E-state index is -0.611. The fraction of sp³-hybridized carbons (Fsp3) is 0.273. The first-order chi connectivity index (χ1) is 14.4. The number of anilines is 1. The van der Waals surface area contributed by atoms with Crippen LogP contribution in [0.15, 0.2) is 53.3 Å². The van der Waals surface area contributed by atoms with E-state index in [-0.39, 0.29) is 5.91 Å². The van der Waals surface area contributed by atoms with Gasteiger partial charge in [0.1, 0.15) is 6.04 Å². The van der Waals surface area contributed by atoms with E-state index in [0.29, 0.717) is 19.3 Å². The lowest BCUT2D eigenvalue weighted by Crippen LogP contribution is -2.48. The molecule has 1 aliphatic rings. The fourth-order valence-corrected chi connectivity index (χ4v) is 4.00. The number of benzene rings is 1. The number of aryl methyl sites for hydroxylation is 2. The molecule has 0 fully saturated rings. The van der Waals surface area contributed by atoms with Crippen LogP contribution in [0.2, 0.25) is 0 Å². The van der Waals surface area contributed by atoms with Crippen molar-refractivity contribution >= 4 is 33.6 Å². The van der Waals surface area contributed by atoms with Crippen molar-refractivity contribution in [3.8, 4) is 0 Å². The van der Waals surface area contributed by atoms with E-state index in [1.54, 1.807) is 24.3 Å². The molecular formula is C22H22BrN5O2. The van der Waals surface area contributed by atoms with E-state index in [1.165, 1.54) is 4.68 Å². The van der Waals surface area contributed by atoms with Crippen LogP contribution in [-0.2, 0) is 17.6 Å². The third-order valence-electron chi connectivity index (χ3n) is 5.21. The predicted octanol–water partition coefficient (Wildman–Crippen LogP) is 3.48. The Morgan fingerprint density at radius 3 is 2.93 bits per heavy atom. The molecule has 0 unspecified atom stereocenters. The van der Waals surface area contributed by atoms with E-state index < -0.39 is 12.1 Å². The van der Waals surface area contributed by atoms with Crippen LogP contribution in [0.1, 0.15) is 28.9 Å². The summed E-state index contributed by atoms with van der Waals surface area (Å²) in [5.74, 6) is -0.142. The van der Waals surface area contributed by atoms with E-state index in [9.17, 15) is 9.59 Å². The lowest BCUT2D eigenvalue weighted by atomic mass is 10.1. The molecule has 0 saturated carbocycles. The Hall–Kier alpha value is -3.00. The number of aromatic nitrogens is 3. The number of carbonyl (C=O) groups excluding carboxylic acids is 2. The molecule has 30 heavy (non-hydrogen) atoms. The summed E-state index contributed by atoms with van der Waals surface area (Å²) in [6, 6.07) is 10.7. The molecule has 7 nitrogen and oxygen atoms in total. The number of fused-ring (bicyclic) bond motifs is 1. The first-order valence-electron chi connectivity index (χ1n) is 9.73. The van der Waals surface area contributed by atoms with E-state index in [0.717, 1.165) is 32.7 Å². The topological polar surface area (TPSA) is 80.1 Å². The van der Waals surface area contributed by atoms with Gasteiger partial charge in [-0.25, -0.2) is 4.79 Å². The van der Waals surface area contributed by atoms with Crippen molar-refractivity contribution in [2.75, 3.05) is 11.9 Å². The number of hydrogen-bond acceptors (Lipinski definition) is 4. The third kappa shape index (κ3) is 4.28. The first kappa shape index (κ1) is 20.3. The molecular weight excluding hydrogens is 446 g/mol. The van der Waals surface area contributed by atoms with Crippen LogP contribution in [0.25, 0.3) is 0 Å². The maximum atomic E-state index is 12.9. The Labute approximate surface area is 183 Å². The highest BCUT2D eigenvalue weighted by Crippen LogP contribution is 2.29. The molecule has 0 aliphatic carbocycles. The SMILES string of the molecule is Cc1cccc(Cc2cnn(C(=O)N[C@@H]3CCc4ccc(Br)cc4N(C)C3=O)c2)n1. The highest BCUT2D eigenvalue weighted by Gasteiger charge is 2.29. The number of nitrogens with zero attached hydrogens (tertiary/aromatic N) is 4. The standard InChI is InChI=1S/C22H22BrN5O2/c1-14-4-3-5-18(25-14)10-15-12-24-28(13-15)22(30)26-19-9-7-16-6-8-17(23)11-20(16)27(2)21(19)29/h3-6,8,11-13,19H,7,9-10H2,1-2H3,(H,26,30)/t19-/m1/s1. The lowest BCUT2D eigenvalue weighted by Gasteiger charge is -2.22. The summed E-state index contributed by atoms with van der Waals surface area (Å²) in [4.78, 5) is 31.7.